The minimum Gasteiger partial charge on any atom is -0.448 e. The first kappa shape index (κ1) is 16.6. The molecular weight excluding hydrogens is 217 g/mol. The molecule has 0 aliphatic heterocycles. The van der Waals surface area contributed by atoms with Gasteiger partial charge in [-0.3, -0.25) is 9.78 Å². The fourth-order valence-electron chi connectivity index (χ4n) is 0. The predicted molar refractivity (Wildman–Crippen MR) is 23.5 cm³/mol. The topological polar surface area (TPSA) is 134 Å². The average molecular weight is 221 g/mol. The molecule has 0 heterocycles. The van der Waals surface area contributed by atoms with Crippen LogP contribution in [0.25, 0.3) is 0 Å². The molecular formula is C2H4O8Zn. The zero-order chi connectivity index (χ0) is 8.57. The van der Waals surface area contributed by atoms with Gasteiger partial charge in [0, 0.05) is 19.5 Å². The van der Waals surface area contributed by atoms with Crippen molar-refractivity contribution in [1.82, 2.24) is 0 Å². The van der Waals surface area contributed by atoms with Gasteiger partial charge in [-0.2, -0.15) is 10.5 Å². The molecule has 9 heteroatoms. The first-order valence-corrected chi connectivity index (χ1v) is 1.63. The van der Waals surface area contributed by atoms with E-state index in [4.69, 9.17) is 30.3 Å². The van der Waals surface area contributed by atoms with E-state index in [9.17, 15) is 0 Å². The first-order valence-electron chi connectivity index (χ1n) is 1.63. The van der Waals surface area contributed by atoms with Crippen molar-refractivity contribution in [2.24, 2.45) is 0 Å². The fraction of sp³-hybridized carbons (Fsp3) is 0. The van der Waals surface area contributed by atoms with Crippen molar-refractivity contribution >= 4 is 12.3 Å². The molecule has 0 radical (unpaired) electrons. The van der Waals surface area contributed by atoms with E-state index < -0.39 is 12.3 Å². The number of carboxylic acid groups (broad SMARTS) is 2. The number of carbonyl (C=O) groups is 2. The van der Waals surface area contributed by atoms with Crippen molar-refractivity contribution in [2.75, 3.05) is 0 Å². The third-order valence-corrected chi connectivity index (χ3v) is 0.156. The second-order valence-electron chi connectivity index (χ2n) is 0.714. The molecule has 0 atom stereocenters. The van der Waals surface area contributed by atoms with Crippen molar-refractivity contribution in [3.63, 3.8) is 0 Å². The predicted octanol–water partition coefficient (Wildman–Crippen LogP) is 0.305. The molecule has 0 amide bonds. The van der Waals surface area contributed by atoms with Gasteiger partial charge in [0.1, 0.15) is 0 Å². The van der Waals surface area contributed by atoms with E-state index in [1.54, 1.807) is 0 Å². The standard InChI is InChI=1S/2CH2O4.Zn/c2*2-1(3)5-4;/h2*4H,(H,2,3);. The van der Waals surface area contributed by atoms with Crippen LogP contribution in [0.2, 0.25) is 0 Å². The molecule has 4 N–H and O–H groups in total. The van der Waals surface area contributed by atoms with Crippen LogP contribution in [0.15, 0.2) is 0 Å². The molecule has 0 saturated heterocycles. The summed E-state index contributed by atoms with van der Waals surface area (Å²) in [4.78, 5) is 23.1. The molecule has 0 saturated carbocycles. The quantitative estimate of drug-likeness (QED) is 0.261. The Bertz CT molecular complexity index is 96.7. The Hall–Kier alpha value is -0.917. The van der Waals surface area contributed by atoms with Gasteiger partial charge in [-0.25, -0.2) is 9.59 Å². The summed E-state index contributed by atoms with van der Waals surface area (Å²) in [7, 11) is 0. The second kappa shape index (κ2) is 11.8. The SMILES string of the molecule is O=C(O)OO.O=C(O)OO.[Zn]. The maximum atomic E-state index is 8.90. The van der Waals surface area contributed by atoms with E-state index in [1.165, 1.54) is 0 Å². The Labute approximate surface area is 72.6 Å². The maximum Gasteiger partial charge on any atom is 0.537 e. The van der Waals surface area contributed by atoms with Gasteiger partial charge in [0.25, 0.3) is 0 Å². The van der Waals surface area contributed by atoms with Gasteiger partial charge in [-0.1, -0.05) is 0 Å². The summed E-state index contributed by atoms with van der Waals surface area (Å²) in [5.41, 5.74) is 0. The molecule has 0 fully saturated rings. The first-order chi connectivity index (χ1) is 4.54. The van der Waals surface area contributed by atoms with E-state index in [-0.39, 0.29) is 19.5 Å². The van der Waals surface area contributed by atoms with Crippen LogP contribution >= 0.6 is 0 Å². The van der Waals surface area contributed by atoms with Gasteiger partial charge in [0.05, 0.1) is 0 Å². The van der Waals surface area contributed by atoms with E-state index in [1.807, 2.05) is 0 Å². The largest absolute Gasteiger partial charge is 0.537 e. The molecule has 11 heavy (non-hydrogen) atoms. The zero-order valence-corrected chi connectivity index (χ0v) is 8.10. The van der Waals surface area contributed by atoms with Crippen molar-refractivity contribution in [1.29, 1.82) is 0 Å². The van der Waals surface area contributed by atoms with Gasteiger partial charge in [-0.15, -0.1) is 0 Å². The Balaban J connectivity index is -0.000000107. The molecule has 0 rings (SSSR count). The third-order valence-electron chi connectivity index (χ3n) is 0.156. The van der Waals surface area contributed by atoms with Gasteiger partial charge in [0.2, 0.25) is 0 Å². The summed E-state index contributed by atoms with van der Waals surface area (Å²) in [5, 5.41) is 28.6. The average Bonchev–Trinajstić information content (AvgIpc) is 1.89. The molecule has 0 aliphatic rings. The second-order valence-corrected chi connectivity index (χ2v) is 0.714. The molecule has 0 bridgehead atoms. The van der Waals surface area contributed by atoms with E-state index in [2.05, 4.69) is 9.78 Å². The van der Waals surface area contributed by atoms with Crippen LogP contribution in [0.3, 0.4) is 0 Å². The molecule has 0 aromatic carbocycles. The number of hydrogen-bond acceptors (Lipinski definition) is 6. The van der Waals surface area contributed by atoms with Crippen molar-refractivity contribution in [3.05, 3.63) is 0 Å². The molecule has 0 aliphatic carbocycles. The maximum absolute atomic E-state index is 8.90. The van der Waals surface area contributed by atoms with Crippen LogP contribution in [0.1, 0.15) is 0 Å². The van der Waals surface area contributed by atoms with Gasteiger partial charge in [0.15, 0.2) is 0 Å². The molecule has 0 spiro atoms. The van der Waals surface area contributed by atoms with E-state index in [0.717, 1.165) is 0 Å². The van der Waals surface area contributed by atoms with E-state index >= 15 is 0 Å². The van der Waals surface area contributed by atoms with Crippen LogP contribution in [0, 0.1) is 0 Å². The van der Waals surface area contributed by atoms with Crippen molar-refractivity contribution < 1.29 is 59.6 Å². The molecule has 0 unspecified atom stereocenters. The number of hydrogen-bond donors (Lipinski definition) is 4. The number of rotatable bonds is 0. The Morgan fingerprint density at radius 3 is 1.00 bits per heavy atom. The van der Waals surface area contributed by atoms with E-state index in [0.29, 0.717) is 0 Å². The van der Waals surface area contributed by atoms with Crippen LogP contribution in [-0.4, -0.2) is 33.0 Å². The van der Waals surface area contributed by atoms with Crippen LogP contribution < -0.4 is 0 Å². The summed E-state index contributed by atoms with van der Waals surface area (Å²) in [6.45, 7) is 0. The van der Waals surface area contributed by atoms with Crippen molar-refractivity contribution in [2.45, 2.75) is 0 Å². The monoisotopic (exact) mass is 220 g/mol. The van der Waals surface area contributed by atoms with Gasteiger partial charge < -0.3 is 10.2 Å². The molecule has 0 aromatic rings. The third kappa shape index (κ3) is 47.9. The minimum atomic E-state index is -1.69. The summed E-state index contributed by atoms with van der Waals surface area (Å²) in [6.07, 6.45) is -3.38. The summed E-state index contributed by atoms with van der Waals surface area (Å²) in [5.74, 6) is 0. The minimum absolute atomic E-state index is 0. The smallest absolute Gasteiger partial charge is 0.448 e. The Morgan fingerprint density at radius 1 is 0.909 bits per heavy atom. The summed E-state index contributed by atoms with van der Waals surface area (Å²) >= 11 is 0. The summed E-state index contributed by atoms with van der Waals surface area (Å²) < 4.78 is 0. The molecule has 0 aromatic heterocycles. The van der Waals surface area contributed by atoms with Crippen LogP contribution in [0.4, 0.5) is 9.59 Å². The van der Waals surface area contributed by atoms with Crippen molar-refractivity contribution in [3.8, 4) is 0 Å². The Kier molecular flexibility index (Phi) is 17.8. The fourth-order valence-corrected chi connectivity index (χ4v) is 0. The Morgan fingerprint density at radius 2 is 1.00 bits per heavy atom. The van der Waals surface area contributed by atoms with Gasteiger partial charge in [-0.05, 0) is 0 Å². The summed E-state index contributed by atoms with van der Waals surface area (Å²) in [6, 6.07) is 0. The van der Waals surface area contributed by atoms with Crippen LogP contribution in [-0.2, 0) is 29.3 Å². The van der Waals surface area contributed by atoms with Crippen LogP contribution in [0.5, 0.6) is 0 Å². The molecule has 62 valence electrons. The normalized spacial score (nSPS) is 6.00. The zero-order valence-electron chi connectivity index (χ0n) is 5.13. The molecule has 8 nitrogen and oxygen atoms in total. The van der Waals surface area contributed by atoms with Gasteiger partial charge >= 0.3 is 12.3 Å².